The highest BCUT2D eigenvalue weighted by Gasteiger charge is 2.18. The molecule has 0 radical (unpaired) electrons. The van der Waals surface area contributed by atoms with Crippen LogP contribution in [0.1, 0.15) is 26.1 Å². The monoisotopic (exact) mass is 327 g/mol. The minimum Gasteiger partial charge on any atom is -0.423 e. The second-order valence-electron chi connectivity index (χ2n) is 4.72. The van der Waals surface area contributed by atoms with Crippen molar-refractivity contribution in [2.24, 2.45) is 0 Å². The third-order valence-electron chi connectivity index (χ3n) is 3.23. The first-order valence-corrected chi connectivity index (χ1v) is 8.91. The molecular formula is C17H13NO2S2. The van der Waals surface area contributed by atoms with Gasteiger partial charge in [-0.1, -0.05) is 12.1 Å². The molecular weight excluding hydrogens is 314 g/mol. The predicted molar refractivity (Wildman–Crippen MR) is 90.2 cm³/mol. The Kier molecular flexibility index (Phi) is 4.71. The maximum absolute atomic E-state index is 12.1. The van der Waals surface area contributed by atoms with Crippen LogP contribution in [0.3, 0.4) is 0 Å². The minimum absolute atomic E-state index is 0.386. The number of carbonyl (C=O) groups is 1. The van der Waals surface area contributed by atoms with Gasteiger partial charge in [0.25, 0.3) is 0 Å². The largest absolute Gasteiger partial charge is 0.423 e. The molecule has 1 aliphatic rings. The summed E-state index contributed by atoms with van der Waals surface area (Å²) >= 11 is 3.87. The number of nitrogens with zero attached hydrogens (tertiary/aromatic N) is 1. The molecule has 0 bridgehead atoms. The molecule has 22 heavy (non-hydrogen) atoms. The Morgan fingerprint density at radius 2 is 1.68 bits per heavy atom. The van der Waals surface area contributed by atoms with Gasteiger partial charge >= 0.3 is 5.97 Å². The smallest absolute Gasteiger partial charge is 0.343 e. The minimum atomic E-state index is -0.386. The van der Waals surface area contributed by atoms with Crippen molar-refractivity contribution in [3.8, 4) is 11.8 Å². The Hall–Kier alpha value is -1.90. The van der Waals surface area contributed by atoms with Gasteiger partial charge in [-0.3, -0.25) is 0 Å². The summed E-state index contributed by atoms with van der Waals surface area (Å²) in [5.41, 5.74) is 2.30. The Bertz CT molecular complexity index is 699. The lowest BCUT2D eigenvalue weighted by Gasteiger charge is -2.09. The number of ether oxygens (including phenoxy) is 1. The number of hydrogen-bond donors (Lipinski definition) is 0. The number of carbonyl (C=O) groups excluding carboxylic acids is 1. The van der Waals surface area contributed by atoms with Crippen LogP contribution in [0.25, 0.3) is 0 Å². The van der Waals surface area contributed by atoms with E-state index >= 15 is 0 Å². The topological polar surface area (TPSA) is 50.1 Å². The lowest BCUT2D eigenvalue weighted by Crippen LogP contribution is -2.08. The maximum atomic E-state index is 12.1. The Labute approximate surface area is 137 Å². The maximum Gasteiger partial charge on any atom is 0.343 e. The van der Waals surface area contributed by atoms with E-state index in [1.54, 1.807) is 36.4 Å². The van der Waals surface area contributed by atoms with Gasteiger partial charge in [-0.2, -0.15) is 5.26 Å². The fourth-order valence-electron chi connectivity index (χ4n) is 2.09. The zero-order valence-corrected chi connectivity index (χ0v) is 13.3. The van der Waals surface area contributed by atoms with Gasteiger partial charge < -0.3 is 4.74 Å². The van der Waals surface area contributed by atoms with E-state index in [4.69, 9.17) is 10.00 Å². The highest BCUT2D eigenvalue weighted by molar-refractivity contribution is 8.19. The molecule has 0 aromatic heterocycles. The third-order valence-corrected chi connectivity index (χ3v) is 6.34. The fourth-order valence-corrected chi connectivity index (χ4v) is 4.95. The Balaban J connectivity index is 1.67. The van der Waals surface area contributed by atoms with E-state index in [1.807, 2.05) is 41.7 Å². The first-order valence-electron chi connectivity index (χ1n) is 6.82. The van der Waals surface area contributed by atoms with Crippen LogP contribution in [0.4, 0.5) is 0 Å². The van der Waals surface area contributed by atoms with Crippen LogP contribution < -0.4 is 4.74 Å². The van der Waals surface area contributed by atoms with Crippen molar-refractivity contribution in [1.82, 2.24) is 0 Å². The summed E-state index contributed by atoms with van der Waals surface area (Å²) in [4.78, 5) is 12.1. The number of hydrogen-bond acceptors (Lipinski definition) is 5. The average Bonchev–Trinajstić information content (AvgIpc) is 3.10. The van der Waals surface area contributed by atoms with Crippen LogP contribution in [0.2, 0.25) is 0 Å². The van der Waals surface area contributed by atoms with Crippen LogP contribution in [-0.2, 0) is 0 Å². The third kappa shape index (κ3) is 3.46. The van der Waals surface area contributed by atoms with Crippen LogP contribution in [0.15, 0.2) is 48.5 Å². The SMILES string of the molecule is N#Cc1ccc(OC(=O)c2ccc(C3SCCS3)cc2)cc1. The molecule has 3 nitrogen and oxygen atoms in total. The molecule has 0 amide bonds. The summed E-state index contributed by atoms with van der Waals surface area (Å²) in [5.74, 6) is 2.41. The summed E-state index contributed by atoms with van der Waals surface area (Å²) in [5, 5.41) is 8.74. The summed E-state index contributed by atoms with van der Waals surface area (Å²) in [7, 11) is 0. The molecule has 0 atom stereocenters. The van der Waals surface area contributed by atoms with Crippen molar-refractivity contribution >= 4 is 29.5 Å². The molecule has 1 heterocycles. The van der Waals surface area contributed by atoms with Gasteiger partial charge in [0.05, 0.1) is 21.8 Å². The molecule has 0 aliphatic carbocycles. The molecule has 0 unspecified atom stereocenters. The van der Waals surface area contributed by atoms with Gasteiger partial charge in [0.15, 0.2) is 0 Å². The number of benzene rings is 2. The highest BCUT2D eigenvalue weighted by Crippen LogP contribution is 2.45. The van der Waals surface area contributed by atoms with Gasteiger partial charge in [-0.15, -0.1) is 23.5 Å². The molecule has 2 aromatic carbocycles. The van der Waals surface area contributed by atoms with E-state index in [0.29, 0.717) is 21.5 Å². The highest BCUT2D eigenvalue weighted by atomic mass is 32.2. The second kappa shape index (κ2) is 6.91. The quantitative estimate of drug-likeness (QED) is 0.623. The van der Waals surface area contributed by atoms with E-state index in [1.165, 1.54) is 17.1 Å². The zero-order valence-electron chi connectivity index (χ0n) is 11.7. The number of nitriles is 1. The summed E-state index contributed by atoms with van der Waals surface area (Å²) < 4.78 is 5.78. The lowest BCUT2D eigenvalue weighted by molar-refractivity contribution is 0.0735. The molecule has 1 aliphatic heterocycles. The van der Waals surface area contributed by atoms with Crippen molar-refractivity contribution in [3.05, 3.63) is 65.2 Å². The fraction of sp³-hybridized carbons (Fsp3) is 0.176. The van der Waals surface area contributed by atoms with Crippen molar-refractivity contribution < 1.29 is 9.53 Å². The van der Waals surface area contributed by atoms with Crippen molar-refractivity contribution in [2.45, 2.75) is 4.58 Å². The van der Waals surface area contributed by atoms with Crippen LogP contribution in [-0.4, -0.2) is 17.5 Å². The van der Waals surface area contributed by atoms with Gasteiger partial charge in [-0.25, -0.2) is 4.79 Å². The van der Waals surface area contributed by atoms with E-state index in [9.17, 15) is 4.79 Å². The van der Waals surface area contributed by atoms with Gasteiger partial charge in [0.2, 0.25) is 0 Å². The van der Waals surface area contributed by atoms with Crippen molar-refractivity contribution in [2.75, 3.05) is 11.5 Å². The van der Waals surface area contributed by atoms with Crippen LogP contribution in [0.5, 0.6) is 5.75 Å². The molecule has 3 rings (SSSR count). The molecule has 110 valence electrons. The summed E-state index contributed by atoms with van der Waals surface area (Å²) in [6.45, 7) is 0. The molecule has 1 fully saturated rings. The number of esters is 1. The van der Waals surface area contributed by atoms with Gasteiger partial charge in [0.1, 0.15) is 5.75 Å². The van der Waals surface area contributed by atoms with E-state index < -0.39 is 0 Å². The summed E-state index contributed by atoms with van der Waals surface area (Å²) in [6.07, 6.45) is 0. The first-order chi connectivity index (χ1) is 10.8. The van der Waals surface area contributed by atoms with Gasteiger partial charge in [0, 0.05) is 11.5 Å². The standard InChI is InChI=1S/C17H13NO2S2/c18-11-12-1-7-15(8-2-12)20-16(19)13-3-5-14(6-4-13)17-21-9-10-22-17/h1-8,17H,9-10H2. The predicted octanol–water partition coefficient (Wildman–Crippen LogP) is 4.26. The lowest BCUT2D eigenvalue weighted by atomic mass is 10.1. The summed E-state index contributed by atoms with van der Waals surface area (Å²) in [6, 6.07) is 16.1. The Morgan fingerprint density at radius 1 is 1.05 bits per heavy atom. The molecule has 0 N–H and O–H groups in total. The van der Waals surface area contributed by atoms with E-state index in [0.717, 1.165) is 0 Å². The van der Waals surface area contributed by atoms with Crippen molar-refractivity contribution in [1.29, 1.82) is 5.26 Å². The van der Waals surface area contributed by atoms with Crippen LogP contribution in [0, 0.1) is 11.3 Å². The number of thioether (sulfide) groups is 2. The van der Waals surface area contributed by atoms with E-state index in [2.05, 4.69) is 0 Å². The van der Waals surface area contributed by atoms with Crippen LogP contribution >= 0.6 is 23.5 Å². The first kappa shape index (κ1) is 15.0. The second-order valence-corrected chi connectivity index (χ2v) is 7.45. The van der Waals surface area contributed by atoms with E-state index in [-0.39, 0.29) is 5.97 Å². The zero-order chi connectivity index (χ0) is 15.4. The number of rotatable bonds is 3. The molecule has 0 saturated carbocycles. The molecule has 5 heteroatoms. The van der Waals surface area contributed by atoms with Crippen molar-refractivity contribution in [3.63, 3.8) is 0 Å². The molecule has 2 aromatic rings. The Morgan fingerprint density at radius 3 is 2.27 bits per heavy atom. The molecule has 1 saturated heterocycles. The average molecular weight is 327 g/mol. The normalized spacial score (nSPS) is 14.5. The molecule has 0 spiro atoms. The van der Waals surface area contributed by atoms with Gasteiger partial charge in [-0.05, 0) is 42.0 Å².